The maximum atomic E-state index is 14.6. The van der Waals surface area contributed by atoms with Crippen LogP contribution in [0.3, 0.4) is 0 Å². The van der Waals surface area contributed by atoms with E-state index in [9.17, 15) is 19.1 Å². The summed E-state index contributed by atoms with van der Waals surface area (Å²) in [5.41, 5.74) is 2.94. The molecule has 4 heterocycles. The summed E-state index contributed by atoms with van der Waals surface area (Å²) in [6, 6.07) is 23.3. The molecule has 8 rings (SSSR count). The molecule has 0 aliphatic carbocycles. The number of benzene rings is 4. The molecule has 2 N–H and O–H groups in total. The van der Waals surface area contributed by atoms with Crippen molar-refractivity contribution in [1.29, 1.82) is 0 Å². The van der Waals surface area contributed by atoms with Crippen molar-refractivity contribution >= 4 is 11.8 Å². The molecule has 8 bridgehead atoms. The van der Waals surface area contributed by atoms with E-state index in [-0.39, 0.29) is 22.8 Å². The van der Waals surface area contributed by atoms with Crippen molar-refractivity contribution in [2.24, 2.45) is 0 Å². The highest BCUT2D eigenvalue weighted by molar-refractivity contribution is 5.97. The average molecular weight is 539 g/mol. The van der Waals surface area contributed by atoms with Crippen molar-refractivity contribution in [3.63, 3.8) is 0 Å². The Kier molecular flexibility index (Phi) is 6.82. The van der Waals surface area contributed by atoms with Crippen LogP contribution < -0.4 is 14.8 Å². The molecule has 1 atom stereocenters. The van der Waals surface area contributed by atoms with E-state index in [0.717, 1.165) is 16.7 Å². The van der Waals surface area contributed by atoms with Crippen LogP contribution in [-0.4, -0.2) is 41.5 Å². The lowest BCUT2D eigenvalue weighted by atomic mass is 9.87. The summed E-state index contributed by atoms with van der Waals surface area (Å²) in [6.07, 6.45) is 1.11. The highest BCUT2D eigenvalue weighted by Crippen LogP contribution is 2.39. The number of phenolic OH excluding ortho intramolecular Hbond substituents is 1. The third kappa shape index (κ3) is 4.96. The van der Waals surface area contributed by atoms with E-state index in [2.05, 4.69) is 5.32 Å². The van der Waals surface area contributed by atoms with Gasteiger partial charge in [0.2, 0.25) is 0 Å². The molecule has 4 aliphatic rings. The van der Waals surface area contributed by atoms with Gasteiger partial charge >= 0.3 is 0 Å². The van der Waals surface area contributed by atoms with Gasteiger partial charge in [0.25, 0.3) is 11.8 Å². The summed E-state index contributed by atoms with van der Waals surface area (Å²) < 4.78 is 26.6. The Morgan fingerprint density at radius 1 is 0.950 bits per heavy atom. The molecule has 2 amide bonds. The third-order valence-electron chi connectivity index (χ3n) is 7.23. The SMILES string of the molecule is O=C1NCCCOc2ccc(cc2)C2c3ccc(cc3CCN2C(=O)c2ccccc2F)Oc2ccc(O)c1c2. The molecule has 1 unspecified atom stereocenters. The molecule has 4 aromatic rings. The maximum Gasteiger partial charge on any atom is 0.257 e. The number of carbonyl (C=O) groups is 2. The number of hydrogen-bond acceptors (Lipinski definition) is 5. The molecule has 0 radical (unpaired) electrons. The van der Waals surface area contributed by atoms with E-state index in [1.54, 1.807) is 29.2 Å². The molecule has 0 spiro atoms. The average Bonchev–Trinajstić information content (AvgIpc) is 2.97. The summed E-state index contributed by atoms with van der Waals surface area (Å²) >= 11 is 0. The second kappa shape index (κ2) is 10.7. The van der Waals surface area contributed by atoms with Gasteiger partial charge in [0.15, 0.2) is 0 Å². The summed E-state index contributed by atoms with van der Waals surface area (Å²) in [4.78, 5) is 28.0. The van der Waals surface area contributed by atoms with Crippen LogP contribution >= 0.6 is 0 Å². The van der Waals surface area contributed by atoms with E-state index < -0.39 is 17.8 Å². The van der Waals surface area contributed by atoms with Gasteiger partial charge in [-0.1, -0.05) is 30.3 Å². The zero-order valence-electron chi connectivity index (χ0n) is 21.6. The van der Waals surface area contributed by atoms with Crippen LogP contribution in [0.25, 0.3) is 0 Å². The van der Waals surface area contributed by atoms with Crippen molar-refractivity contribution in [2.45, 2.75) is 18.9 Å². The highest BCUT2D eigenvalue weighted by atomic mass is 19.1. The van der Waals surface area contributed by atoms with Crippen LogP contribution in [0.2, 0.25) is 0 Å². The van der Waals surface area contributed by atoms with Gasteiger partial charge in [0, 0.05) is 13.1 Å². The van der Waals surface area contributed by atoms with Gasteiger partial charge in [0.05, 0.1) is 23.8 Å². The lowest BCUT2D eigenvalue weighted by Crippen LogP contribution is -2.41. The number of nitrogens with one attached hydrogen (secondary N) is 1. The molecule has 8 heteroatoms. The summed E-state index contributed by atoms with van der Waals surface area (Å²) in [6.45, 7) is 1.12. The third-order valence-corrected chi connectivity index (χ3v) is 7.23. The van der Waals surface area contributed by atoms with Gasteiger partial charge in [0.1, 0.15) is 28.8 Å². The quantitative estimate of drug-likeness (QED) is 0.328. The Morgan fingerprint density at radius 2 is 1.70 bits per heavy atom. The number of aromatic hydroxyl groups is 1. The Bertz CT molecular complexity index is 1590. The molecule has 202 valence electrons. The van der Waals surface area contributed by atoms with Crippen LogP contribution in [-0.2, 0) is 6.42 Å². The fraction of sp³-hybridized carbons (Fsp3) is 0.188. The van der Waals surface area contributed by atoms with Gasteiger partial charge in [-0.25, -0.2) is 4.39 Å². The normalized spacial score (nSPS) is 16.7. The Balaban J connectivity index is 1.42. The summed E-state index contributed by atoms with van der Waals surface area (Å²) in [5, 5.41) is 13.1. The van der Waals surface area contributed by atoms with Crippen molar-refractivity contribution in [3.8, 4) is 23.0 Å². The predicted molar refractivity (Wildman–Crippen MR) is 146 cm³/mol. The van der Waals surface area contributed by atoms with E-state index >= 15 is 0 Å². The molecule has 0 saturated carbocycles. The first kappa shape index (κ1) is 25.4. The van der Waals surface area contributed by atoms with Crippen LogP contribution in [0.5, 0.6) is 23.0 Å². The minimum Gasteiger partial charge on any atom is -0.507 e. The molecule has 0 saturated heterocycles. The number of fused-ring (bicyclic) bond motifs is 1. The largest absolute Gasteiger partial charge is 0.507 e. The monoisotopic (exact) mass is 538 g/mol. The second-order valence-electron chi connectivity index (χ2n) is 9.80. The number of carbonyl (C=O) groups excluding carboxylic acids is 2. The lowest BCUT2D eigenvalue weighted by molar-refractivity contribution is 0.0689. The topological polar surface area (TPSA) is 88.1 Å². The summed E-state index contributed by atoms with van der Waals surface area (Å²) in [7, 11) is 0. The van der Waals surface area contributed by atoms with Gasteiger partial charge in [-0.2, -0.15) is 0 Å². The molecule has 40 heavy (non-hydrogen) atoms. The van der Waals surface area contributed by atoms with Crippen molar-refractivity contribution in [3.05, 3.63) is 119 Å². The summed E-state index contributed by atoms with van der Waals surface area (Å²) in [5.74, 6) is 0.154. The Morgan fingerprint density at radius 3 is 2.52 bits per heavy atom. The van der Waals surface area contributed by atoms with Crippen LogP contribution in [0.1, 0.15) is 49.9 Å². The molecule has 4 aliphatic heterocycles. The fourth-order valence-corrected chi connectivity index (χ4v) is 5.24. The fourth-order valence-electron chi connectivity index (χ4n) is 5.24. The van der Waals surface area contributed by atoms with Gasteiger partial charge < -0.3 is 24.8 Å². The number of rotatable bonds is 1. The number of phenols is 1. The maximum absolute atomic E-state index is 14.6. The molecular formula is C32H27FN2O5. The van der Waals surface area contributed by atoms with Crippen molar-refractivity contribution in [2.75, 3.05) is 19.7 Å². The number of nitrogens with zero attached hydrogens (tertiary/aromatic N) is 1. The second-order valence-corrected chi connectivity index (χ2v) is 9.80. The van der Waals surface area contributed by atoms with E-state index in [1.807, 2.05) is 36.4 Å². The molecule has 4 aromatic carbocycles. The van der Waals surface area contributed by atoms with E-state index in [4.69, 9.17) is 9.47 Å². The number of hydrogen-bond donors (Lipinski definition) is 2. The molecule has 7 nitrogen and oxygen atoms in total. The number of ether oxygens (including phenoxy) is 2. The Hall–Kier alpha value is -4.85. The van der Waals surface area contributed by atoms with Gasteiger partial charge in [-0.15, -0.1) is 0 Å². The first-order valence-electron chi connectivity index (χ1n) is 13.2. The van der Waals surface area contributed by atoms with Gasteiger partial charge in [-0.05, 0) is 84.1 Å². The van der Waals surface area contributed by atoms with Gasteiger partial charge in [-0.3, -0.25) is 9.59 Å². The first-order valence-corrected chi connectivity index (χ1v) is 13.2. The van der Waals surface area contributed by atoms with E-state index in [1.165, 1.54) is 24.3 Å². The zero-order chi connectivity index (χ0) is 27.6. The smallest absolute Gasteiger partial charge is 0.257 e. The standard InChI is InChI=1S/C32H27FN2O5/c33-28-5-2-1-4-26(28)32(38)35-16-14-21-18-23-10-12-25(21)30(35)20-6-8-22(9-7-20)39-17-3-15-34-31(37)27-19-24(40-23)11-13-29(27)36/h1-2,4-13,18-19,30,36H,3,14-17H2,(H,34,37). The minimum absolute atomic E-state index is 0.0349. The lowest BCUT2D eigenvalue weighted by Gasteiger charge is -2.38. The van der Waals surface area contributed by atoms with Crippen LogP contribution in [0.15, 0.2) is 84.9 Å². The number of halogens is 1. The van der Waals surface area contributed by atoms with E-state index in [0.29, 0.717) is 49.8 Å². The molecule has 0 aromatic heterocycles. The Labute approximate surface area is 230 Å². The zero-order valence-corrected chi connectivity index (χ0v) is 21.6. The molecule has 0 fully saturated rings. The highest BCUT2D eigenvalue weighted by Gasteiger charge is 2.34. The van der Waals surface area contributed by atoms with Crippen LogP contribution in [0, 0.1) is 5.82 Å². The molecular weight excluding hydrogens is 511 g/mol. The first-order chi connectivity index (χ1) is 19.5. The van der Waals surface area contributed by atoms with Crippen molar-refractivity contribution < 1.29 is 28.6 Å². The number of amides is 2. The van der Waals surface area contributed by atoms with Crippen LogP contribution in [0.4, 0.5) is 4.39 Å². The minimum atomic E-state index is -0.553. The van der Waals surface area contributed by atoms with Crippen molar-refractivity contribution in [1.82, 2.24) is 10.2 Å². The predicted octanol–water partition coefficient (Wildman–Crippen LogP) is 5.62.